The Balaban J connectivity index is 2.14. The van der Waals surface area contributed by atoms with E-state index in [2.05, 4.69) is 5.32 Å². The molecule has 238 valence electrons. The first kappa shape index (κ1) is 35.0. The standard InChI is InChI=1S/C32H39Cl2N3O6S/c1-8-22(4)35-32(39)23(5)36(18-26-27(33)10-9-11-28(26)34)31(38)19-37(24-15-20(2)14-21(3)16-24)44(40,41)25-12-13-29(42-6)30(17-25)43-7/h9-17,22-23H,8,18-19H2,1-7H3,(H,35,39)/t22-,23-/m0/s1. The predicted octanol–water partition coefficient (Wildman–Crippen LogP) is 6.15. The number of carbonyl (C=O) groups excluding carboxylic acids is 2. The largest absolute Gasteiger partial charge is 0.493 e. The molecule has 2 amide bonds. The number of halogens is 2. The van der Waals surface area contributed by atoms with Crippen LogP contribution in [0.5, 0.6) is 11.5 Å². The molecular weight excluding hydrogens is 625 g/mol. The maximum atomic E-state index is 14.3. The zero-order chi connectivity index (χ0) is 32.8. The van der Waals surface area contributed by atoms with Crippen molar-refractivity contribution in [2.24, 2.45) is 0 Å². The van der Waals surface area contributed by atoms with Gasteiger partial charge < -0.3 is 19.7 Å². The number of methoxy groups -OCH3 is 2. The van der Waals surface area contributed by atoms with Gasteiger partial charge in [-0.2, -0.15) is 0 Å². The Hall–Kier alpha value is -3.47. The molecule has 9 nitrogen and oxygen atoms in total. The summed E-state index contributed by atoms with van der Waals surface area (Å²) in [6.07, 6.45) is 0.687. The highest BCUT2D eigenvalue weighted by Crippen LogP contribution is 2.33. The zero-order valence-corrected chi connectivity index (χ0v) is 28.3. The van der Waals surface area contributed by atoms with Crippen LogP contribution in [-0.4, -0.2) is 58.0 Å². The van der Waals surface area contributed by atoms with Crippen LogP contribution in [0.15, 0.2) is 59.5 Å². The number of sulfonamides is 1. The molecule has 12 heteroatoms. The number of ether oxygens (including phenoxy) is 2. The van der Waals surface area contributed by atoms with Crippen molar-refractivity contribution < 1.29 is 27.5 Å². The van der Waals surface area contributed by atoms with Crippen LogP contribution in [0.2, 0.25) is 10.0 Å². The molecule has 3 rings (SSSR count). The molecule has 0 heterocycles. The summed E-state index contributed by atoms with van der Waals surface area (Å²) in [5.41, 5.74) is 2.34. The average molecular weight is 665 g/mol. The number of amides is 2. The Bertz CT molecular complexity index is 1570. The number of nitrogens with zero attached hydrogens (tertiary/aromatic N) is 2. The molecule has 3 aromatic carbocycles. The Labute approximate surface area is 270 Å². The van der Waals surface area contributed by atoms with Gasteiger partial charge in [0.15, 0.2) is 11.5 Å². The zero-order valence-electron chi connectivity index (χ0n) is 26.0. The Kier molecular flexibility index (Phi) is 11.9. The average Bonchev–Trinajstić information content (AvgIpc) is 2.98. The molecule has 0 aliphatic rings. The van der Waals surface area contributed by atoms with E-state index in [1.54, 1.807) is 37.3 Å². The fourth-order valence-electron chi connectivity index (χ4n) is 4.63. The summed E-state index contributed by atoms with van der Waals surface area (Å²) in [5, 5.41) is 3.53. The van der Waals surface area contributed by atoms with E-state index < -0.39 is 34.4 Å². The van der Waals surface area contributed by atoms with Crippen molar-refractivity contribution in [1.82, 2.24) is 10.2 Å². The number of benzene rings is 3. The highest BCUT2D eigenvalue weighted by Gasteiger charge is 2.34. The van der Waals surface area contributed by atoms with Crippen LogP contribution in [-0.2, 0) is 26.2 Å². The van der Waals surface area contributed by atoms with E-state index in [0.717, 1.165) is 15.4 Å². The second-order valence-corrected chi connectivity index (χ2v) is 13.3. The molecular formula is C32H39Cl2N3O6S. The van der Waals surface area contributed by atoms with E-state index in [-0.39, 0.29) is 28.9 Å². The van der Waals surface area contributed by atoms with Crippen molar-refractivity contribution in [3.8, 4) is 11.5 Å². The van der Waals surface area contributed by atoms with E-state index >= 15 is 0 Å². The maximum Gasteiger partial charge on any atom is 0.264 e. The lowest BCUT2D eigenvalue weighted by atomic mass is 10.1. The fraction of sp³-hybridized carbons (Fsp3) is 0.375. The minimum Gasteiger partial charge on any atom is -0.493 e. The first-order chi connectivity index (χ1) is 20.7. The summed E-state index contributed by atoms with van der Waals surface area (Å²) >= 11 is 12.9. The fourth-order valence-corrected chi connectivity index (χ4v) is 6.56. The molecule has 0 bridgehead atoms. The second-order valence-electron chi connectivity index (χ2n) is 10.6. The highest BCUT2D eigenvalue weighted by atomic mass is 35.5. The number of nitrogens with one attached hydrogen (secondary N) is 1. The van der Waals surface area contributed by atoms with Crippen LogP contribution in [0.25, 0.3) is 0 Å². The van der Waals surface area contributed by atoms with Crippen LogP contribution < -0.4 is 19.1 Å². The van der Waals surface area contributed by atoms with Crippen LogP contribution >= 0.6 is 23.2 Å². The van der Waals surface area contributed by atoms with Gasteiger partial charge in [0, 0.05) is 34.3 Å². The third-order valence-corrected chi connectivity index (χ3v) is 9.75. The number of hydrogen-bond acceptors (Lipinski definition) is 6. The summed E-state index contributed by atoms with van der Waals surface area (Å²) in [4.78, 5) is 28.7. The summed E-state index contributed by atoms with van der Waals surface area (Å²) in [5.74, 6) is -0.456. The molecule has 0 saturated heterocycles. The third kappa shape index (κ3) is 8.16. The van der Waals surface area contributed by atoms with Gasteiger partial charge in [-0.1, -0.05) is 42.3 Å². The second kappa shape index (κ2) is 15.0. The molecule has 0 aromatic heterocycles. The molecule has 0 radical (unpaired) electrons. The first-order valence-corrected chi connectivity index (χ1v) is 16.3. The minimum atomic E-state index is -4.33. The summed E-state index contributed by atoms with van der Waals surface area (Å²) in [6.45, 7) is 8.33. The van der Waals surface area contributed by atoms with Gasteiger partial charge in [0.25, 0.3) is 10.0 Å². The van der Waals surface area contributed by atoms with Crippen LogP contribution in [0.1, 0.15) is 43.9 Å². The third-order valence-electron chi connectivity index (χ3n) is 7.27. The number of aryl methyl sites for hydroxylation is 2. The monoisotopic (exact) mass is 663 g/mol. The van der Waals surface area contributed by atoms with Gasteiger partial charge in [-0.15, -0.1) is 0 Å². The molecule has 0 spiro atoms. The van der Waals surface area contributed by atoms with Crippen molar-refractivity contribution in [1.29, 1.82) is 0 Å². The Morgan fingerprint density at radius 3 is 2.05 bits per heavy atom. The first-order valence-electron chi connectivity index (χ1n) is 14.1. The van der Waals surface area contributed by atoms with Gasteiger partial charge in [0.1, 0.15) is 12.6 Å². The lowest BCUT2D eigenvalue weighted by Gasteiger charge is -2.33. The van der Waals surface area contributed by atoms with Crippen molar-refractivity contribution in [2.75, 3.05) is 25.1 Å². The molecule has 0 fully saturated rings. The van der Waals surface area contributed by atoms with E-state index in [0.29, 0.717) is 27.8 Å². The summed E-state index contributed by atoms with van der Waals surface area (Å²) in [6, 6.07) is 13.3. The van der Waals surface area contributed by atoms with Crippen molar-refractivity contribution in [3.05, 3.63) is 81.3 Å². The van der Waals surface area contributed by atoms with Crippen LogP contribution in [0.3, 0.4) is 0 Å². The molecule has 0 unspecified atom stereocenters. The number of anilines is 1. The molecule has 0 aliphatic heterocycles. The summed E-state index contributed by atoms with van der Waals surface area (Å²) < 4.78 is 40.2. The van der Waals surface area contributed by atoms with Gasteiger partial charge >= 0.3 is 0 Å². The van der Waals surface area contributed by atoms with Gasteiger partial charge in [0.05, 0.1) is 24.8 Å². The van der Waals surface area contributed by atoms with Gasteiger partial charge in [-0.25, -0.2) is 8.42 Å². The number of rotatable bonds is 13. The minimum absolute atomic E-state index is 0.106. The van der Waals surface area contributed by atoms with Crippen molar-refractivity contribution in [3.63, 3.8) is 0 Å². The lowest BCUT2D eigenvalue weighted by molar-refractivity contribution is -0.139. The van der Waals surface area contributed by atoms with E-state index in [4.69, 9.17) is 32.7 Å². The predicted molar refractivity (Wildman–Crippen MR) is 174 cm³/mol. The smallest absolute Gasteiger partial charge is 0.264 e. The number of hydrogen-bond donors (Lipinski definition) is 1. The molecule has 0 aliphatic carbocycles. The van der Waals surface area contributed by atoms with Gasteiger partial charge in [-0.05, 0) is 81.6 Å². The SMILES string of the molecule is CC[C@H](C)NC(=O)[C@H](C)N(Cc1c(Cl)cccc1Cl)C(=O)CN(c1cc(C)cc(C)c1)S(=O)(=O)c1ccc(OC)c(OC)c1. The van der Waals surface area contributed by atoms with Gasteiger partial charge in [-0.3, -0.25) is 13.9 Å². The lowest BCUT2D eigenvalue weighted by Crippen LogP contribution is -2.52. The van der Waals surface area contributed by atoms with Crippen molar-refractivity contribution >= 4 is 50.7 Å². The molecule has 0 saturated carbocycles. The van der Waals surface area contributed by atoms with E-state index in [1.165, 1.54) is 37.3 Å². The van der Waals surface area contributed by atoms with E-state index in [1.807, 2.05) is 33.8 Å². The molecule has 2 atom stereocenters. The van der Waals surface area contributed by atoms with E-state index in [9.17, 15) is 18.0 Å². The molecule has 1 N–H and O–H groups in total. The normalized spacial score (nSPS) is 12.7. The highest BCUT2D eigenvalue weighted by molar-refractivity contribution is 7.92. The van der Waals surface area contributed by atoms with Crippen LogP contribution in [0.4, 0.5) is 5.69 Å². The Morgan fingerprint density at radius 1 is 0.909 bits per heavy atom. The molecule has 3 aromatic rings. The summed E-state index contributed by atoms with van der Waals surface area (Å²) in [7, 11) is -1.48. The maximum absolute atomic E-state index is 14.3. The van der Waals surface area contributed by atoms with Crippen LogP contribution in [0, 0.1) is 13.8 Å². The molecule has 44 heavy (non-hydrogen) atoms. The topological polar surface area (TPSA) is 105 Å². The number of carbonyl (C=O) groups is 2. The quantitative estimate of drug-likeness (QED) is 0.235. The van der Waals surface area contributed by atoms with Gasteiger partial charge in [0.2, 0.25) is 11.8 Å². The Morgan fingerprint density at radius 2 is 1.50 bits per heavy atom. The van der Waals surface area contributed by atoms with Crippen molar-refractivity contribution in [2.45, 2.75) is 64.6 Å².